The van der Waals surface area contributed by atoms with Crippen LogP contribution in [0.5, 0.6) is 0 Å². The summed E-state index contributed by atoms with van der Waals surface area (Å²) in [6.07, 6.45) is 1.63. The fourth-order valence-corrected chi connectivity index (χ4v) is 2.71. The number of hydrogen-bond donors (Lipinski definition) is 1. The number of carbonyl (C=O) groups excluding carboxylic acids is 1. The van der Waals surface area contributed by atoms with E-state index in [9.17, 15) is 4.79 Å². The first kappa shape index (κ1) is 18.6. The first-order valence-corrected chi connectivity index (χ1v) is 9.04. The van der Waals surface area contributed by atoms with Crippen LogP contribution in [0.15, 0.2) is 66.9 Å². The summed E-state index contributed by atoms with van der Waals surface area (Å²) >= 11 is 0. The molecule has 2 aromatic carbocycles. The Kier molecular flexibility index (Phi) is 5.81. The molecule has 0 radical (unpaired) electrons. The van der Waals surface area contributed by atoms with Gasteiger partial charge in [-0.15, -0.1) is 0 Å². The molecule has 138 valence electrons. The van der Waals surface area contributed by atoms with Gasteiger partial charge in [-0.25, -0.2) is 9.97 Å². The Morgan fingerprint density at radius 1 is 1.04 bits per heavy atom. The molecule has 1 aromatic heterocycles. The maximum absolute atomic E-state index is 12.6. The lowest BCUT2D eigenvalue weighted by atomic mass is 10.2. The van der Waals surface area contributed by atoms with Crippen molar-refractivity contribution < 1.29 is 4.79 Å². The minimum Gasteiger partial charge on any atom is -0.334 e. The molecule has 0 aliphatic carbocycles. The predicted molar refractivity (Wildman–Crippen MR) is 109 cm³/mol. The number of hydrogen-bond acceptors (Lipinski definition) is 4. The number of amides is 1. The number of nitrogens with one attached hydrogen (secondary N) is 1. The van der Waals surface area contributed by atoms with Crippen LogP contribution in [0.1, 0.15) is 35.5 Å². The molecule has 0 spiro atoms. The molecule has 0 bridgehead atoms. The normalized spacial score (nSPS) is 10.7. The topological polar surface area (TPSA) is 58.1 Å². The van der Waals surface area contributed by atoms with Crippen LogP contribution >= 0.6 is 0 Å². The van der Waals surface area contributed by atoms with Crippen molar-refractivity contribution in [2.45, 2.75) is 33.4 Å². The molecule has 0 aliphatic heterocycles. The van der Waals surface area contributed by atoms with Crippen LogP contribution in [-0.4, -0.2) is 21.9 Å². The molecule has 0 saturated carbocycles. The van der Waals surface area contributed by atoms with Crippen molar-refractivity contribution in [3.05, 3.63) is 83.7 Å². The van der Waals surface area contributed by atoms with Crippen LogP contribution in [0.3, 0.4) is 0 Å². The summed E-state index contributed by atoms with van der Waals surface area (Å²) in [6, 6.07) is 19.7. The Bertz CT molecular complexity index is 892. The van der Waals surface area contributed by atoms with E-state index in [1.165, 1.54) is 5.56 Å². The van der Waals surface area contributed by atoms with Gasteiger partial charge >= 0.3 is 0 Å². The van der Waals surface area contributed by atoms with E-state index < -0.39 is 0 Å². The van der Waals surface area contributed by atoms with Crippen LogP contribution in [-0.2, 0) is 6.54 Å². The van der Waals surface area contributed by atoms with E-state index in [0.717, 1.165) is 11.3 Å². The third-order valence-corrected chi connectivity index (χ3v) is 4.26. The van der Waals surface area contributed by atoms with E-state index in [4.69, 9.17) is 0 Å². The minimum absolute atomic E-state index is 0.195. The third kappa shape index (κ3) is 4.91. The molecule has 1 N–H and O–H groups in total. The van der Waals surface area contributed by atoms with Crippen LogP contribution in [0.4, 0.5) is 11.6 Å². The van der Waals surface area contributed by atoms with E-state index in [2.05, 4.69) is 46.2 Å². The highest BCUT2D eigenvalue weighted by molar-refractivity contribution is 6.02. The molecule has 0 saturated heterocycles. The van der Waals surface area contributed by atoms with Gasteiger partial charge in [0.15, 0.2) is 0 Å². The van der Waals surface area contributed by atoms with Gasteiger partial charge < -0.3 is 10.2 Å². The third-order valence-electron chi connectivity index (χ3n) is 4.26. The molecular weight excluding hydrogens is 336 g/mol. The van der Waals surface area contributed by atoms with Gasteiger partial charge in [0.2, 0.25) is 5.95 Å². The monoisotopic (exact) mass is 360 g/mol. The standard InChI is InChI=1S/C22H24N4O/c1-16(2)26(15-18-7-5-4-6-8-18)22-23-14-13-20(25-22)21(27)24-19-11-9-17(3)10-12-19/h4-14,16H,15H2,1-3H3,(H,24,27). The number of rotatable bonds is 6. The van der Waals surface area contributed by atoms with Gasteiger partial charge in [0.1, 0.15) is 5.69 Å². The molecule has 3 rings (SSSR count). The Hall–Kier alpha value is -3.21. The Morgan fingerprint density at radius 2 is 1.74 bits per heavy atom. The number of carbonyl (C=O) groups is 1. The summed E-state index contributed by atoms with van der Waals surface area (Å²) in [5, 5.41) is 2.88. The molecule has 0 atom stereocenters. The van der Waals surface area contributed by atoms with Gasteiger partial charge in [-0.2, -0.15) is 0 Å². The van der Waals surface area contributed by atoms with Crippen molar-refractivity contribution in [3.8, 4) is 0 Å². The summed E-state index contributed by atoms with van der Waals surface area (Å²) in [6.45, 7) is 6.87. The van der Waals surface area contributed by atoms with Gasteiger partial charge in [0, 0.05) is 24.5 Å². The Morgan fingerprint density at radius 3 is 2.41 bits per heavy atom. The summed E-state index contributed by atoms with van der Waals surface area (Å²) in [4.78, 5) is 23.6. The number of nitrogens with zero attached hydrogens (tertiary/aromatic N) is 3. The van der Waals surface area contributed by atoms with Crippen molar-refractivity contribution in [2.24, 2.45) is 0 Å². The second-order valence-electron chi connectivity index (χ2n) is 6.77. The fourth-order valence-electron chi connectivity index (χ4n) is 2.71. The molecule has 3 aromatic rings. The average molecular weight is 360 g/mol. The van der Waals surface area contributed by atoms with Crippen molar-refractivity contribution in [2.75, 3.05) is 10.2 Å². The number of aromatic nitrogens is 2. The van der Waals surface area contributed by atoms with Gasteiger partial charge in [0.05, 0.1) is 0 Å². The molecular formula is C22H24N4O. The highest BCUT2D eigenvalue weighted by Crippen LogP contribution is 2.17. The zero-order chi connectivity index (χ0) is 19.2. The van der Waals surface area contributed by atoms with E-state index in [1.54, 1.807) is 12.3 Å². The van der Waals surface area contributed by atoms with Gasteiger partial charge in [-0.1, -0.05) is 48.0 Å². The lowest BCUT2D eigenvalue weighted by molar-refractivity contribution is 0.102. The smallest absolute Gasteiger partial charge is 0.274 e. The molecule has 0 fully saturated rings. The Balaban J connectivity index is 1.80. The van der Waals surface area contributed by atoms with Crippen molar-refractivity contribution >= 4 is 17.5 Å². The lowest BCUT2D eigenvalue weighted by Crippen LogP contribution is -2.32. The number of benzene rings is 2. The van der Waals surface area contributed by atoms with Crippen LogP contribution in [0.25, 0.3) is 0 Å². The summed E-state index contributed by atoms with van der Waals surface area (Å²) in [7, 11) is 0. The lowest BCUT2D eigenvalue weighted by Gasteiger charge is -2.27. The second kappa shape index (κ2) is 8.45. The quantitative estimate of drug-likeness (QED) is 0.705. The maximum atomic E-state index is 12.6. The first-order valence-electron chi connectivity index (χ1n) is 9.04. The SMILES string of the molecule is Cc1ccc(NC(=O)c2ccnc(N(Cc3ccccc3)C(C)C)n2)cc1. The molecule has 5 nitrogen and oxygen atoms in total. The molecule has 5 heteroatoms. The highest BCUT2D eigenvalue weighted by atomic mass is 16.1. The number of aryl methyl sites for hydroxylation is 1. The van der Waals surface area contributed by atoms with Gasteiger partial charge in [-0.05, 0) is 44.5 Å². The van der Waals surface area contributed by atoms with E-state index in [-0.39, 0.29) is 11.9 Å². The van der Waals surface area contributed by atoms with E-state index >= 15 is 0 Å². The second-order valence-corrected chi connectivity index (χ2v) is 6.77. The average Bonchev–Trinajstić information content (AvgIpc) is 2.68. The van der Waals surface area contributed by atoms with Crippen molar-refractivity contribution in [1.29, 1.82) is 0 Å². The largest absolute Gasteiger partial charge is 0.334 e. The van der Waals surface area contributed by atoms with Crippen LogP contribution in [0.2, 0.25) is 0 Å². The summed E-state index contributed by atoms with van der Waals surface area (Å²) < 4.78 is 0. The number of anilines is 2. The predicted octanol–water partition coefficient (Wildman–Crippen LogP) is 4.45. The zero-order valence-corrected chi connectivity index (χ0v) is 15.9. The molecule has 1 amide bonds. The van der Waals surface area contributed by atoms with Gasteiger partial charge in [0.25, 0.3) is 5.91 Å². The van der Waals surface area contributed by atoms with Crippen LogP contribution < -0.4 is 10.2 Å². The molecule has 1 heterocycles. The van der Waals surface area contributed by atoms with E-state index in [0.29, 0.717) is 18.2 Å². The first-order chi connectivity index (χ1) is 13.0. The molecule has 0 unspecified atom stereocenters. The van der Waals surface area contributed by atoms with E-state index in [1.807, 2.05) is 49.4 Å². The fraction of sp³-hybridized carbons (Fsp3) is 0.227. The molecule has 27 heavy (non-hydrogen) atoms. The van der Waals surface area contributed by atoms with Gasteiger partial charge in [-0.3, -0.25) is 4.79 Å². The Labute approximate surface area is 160 Å². The highest BCUT2D eigenvalue weighted by Gasteiger charge is 2.17. The summed E-state index contributed by atoms with van der Waals surface area (Å²) in [5.74, 6) is 0.302. The summed E-state index contributed by atoms with van der Waals surface area (Å²) in [5.41, 5.74) is 3.41. The molecule has 0 aliphatic rings. The maximum Gasteiger partial charge on any atom is 0.274 e. The minimum atomic E-state index is -0.245. The van der Waals surface area contributed by atoms with Crippen LogP contribution in [0, 0.1) is 6.92 Å². The zero-order valence-electron chi connectivity index (χ0n) is 15.9. The van der Waals surface area contributed by atoms with Crippen molar-refractivity contribution in [3.63, 3.8) is 0 Å². The van der Waals surface area contributed by atoms with Crippen molar-refractivity contribution in [1.82, 2.24) is 9.97 Å².